The maximum atomic E-state index is 13.3. The minimum Gasteiger partial charge on any atom is -0.354 e. The zero-order valence-corrected chi connectivity index (χ0v) is 17.1. The van der Waals surface area contributed by atoms with Crippen LogP contribution in [0, 0.1) is 5.82 Å². The molecule has 0 atom stereocenters. The molecule has 0 unspecified atom stereocenters. The van der Waals surface area contributed by atoms with Gasteiger partial charge in [-0.1, -0.05) is 11.8 Å². The summed E-state index contributed by atoms with van der Waals surface area (Å²) in [5.74, 6) is -1.82. The van der Waals surface area contributed by atoms with E-state index in [1.54, 1.807) is 0 Å². The summed E-state index contributed by atoms with van der Waals surface area (Å²) in [7, 11) is -3.90. The number of nitrogens with two attached hydrogens (primary N) is 1. The Morgan fingerprint density at radius 2 is 2.18 bits per heavy atom. The van der Waals surface area contributed by atoms with Crippen LogP contribution >= 0.6 is 27.7 Å². The molecule has 0 aliphatic heterocycles. The van der Waals surface area contributed by atoms with Gasteiger partial charge in [-0.15, -0.1) is 0 Å². The standard InChI is InChI=1S/C13H14BrFN6O5S2/c14-8-5-7(1-2-9(8)15)18-12(19-23)11-13(21-26-20-11)27-4-3-17-10(22)6-28(16,24)25/h1-2,5,23H,3-4,6H2,(H,17,22)(H,18,19)(H2,16,24,25). The van der Waals surface area contributed by atoms with E-state index in [-0.39, 0.29) is 27.6 Å². The van der Waals surface area contributed by atoms with Crippen molar-refractivity contribution < 1.29 is 27.4 Å². The van der Waals surface area contributed by atoms with Crippen LogP contribution in [-0.4, -0.2) is 53.7 Å². The zero-order valence-electron chi connectivity index (χ0n) is 13.9. The molecule has 1 heterocycles. The van der Waals surface area contributed by atoms with E-state index < -0.39 is 27.5 Å². The number of amidine groups is 1. The van der Waals surface area contributed by atoms with Gasteiger partial charge in [0, 0.05) is 12.3 Å². The Kier molecular flexibility index (Phi) is 7.88. The molecule has 28 heavy (non-hydrogen) atoms. The van der Waals surface area contributed by atoms with Crippen molar-refractivity contribution in [3.05, 3.63) is 34.2 Å². The first-order valence-electron chi connectivity index (χ1n) is 7.36. The van der Waals surface area contributed by atoms with E-state index in [0.717, 1.165) is 11.8 Å². The fourth-order valence-electron chi connectivity index (χ4n) is 1.81. The predicted octanol–water partition coefficient (Wildman–Crippen LogP) is 0.525. The summed E-state index contributed by atoms with van der Waals surface area (Å²) >= 11 is 4.14. The van der Waals surface area contributed by atoms with Gasteiger partial charge in [-0.3, -0.25) is 15.5 Å². The van der Waals surface area contributed by atoms with Crippen molar-refractivity contribution >= 4 is 55.1 Å². The zero-order chi connectivity index (χ0) is 20.7. The number of rotatable bonds is 8. The summed E-state index contributed by atoms with van der Waals surface area (Å²) in [5.41, 5.74) is 2.28. The van der Waals surface area contributed by atoms with E-state index in [0.29, 0.717) is 11.4 Å². The molecule has 5 N–H and O–H groups in total. The second-order valence-corrected chi connectivity index (χ2v) is 8.65. The van der Waals surface area contributed by atoms with Crippen molar-refractivity contribution in [2.24, 2.45) is 10.1 Å². The van der Waals surface area contributed by atoms with E-state index in [2.05, 4.69) is 41.2 Å². The third-order valence-corrected chi connectivity index (χ3v) is 5.15. The van der Waals surface area contributed by atoms with Crippen LogP contribution in [0.15, 0.2) is 37.3 Å². The molecule has 1 aromatic heterocycles. The molecule has 0 fully saturated rings. The highest BCUT2D eigenvalue weighted by molar-refractivity contribution is 9.10. The average molecular weight is 497 g/mol. The summed E-state index contributed by atoms with van der Waals surface area (Å²) in [6.45, 7) is 0.120. The lowest BCUT2D eigenvalue weighted by Gasteiger charge is -2.05. The summed E-state index contributed by atoms with van der Waals surface area (Å²) in [4.78, 5) is 15.5. The highest BCUT2D eigenvalue weighted by Crippen LogP contribution is 2.24. The highest BCUT2D eigenvalue weighted by atomic mass is 79.9. The Morgan fingerprint density at radius 1 is 1.43 bits per heavy atom. The molecule has 15 heteroatoms. The van der Waals surface area contributed by atoms with E-state index in [1.807, 2.05) is 5.48 Å². The summed E-state index contributed by atoms with van der Waals surface area (Å²) in [6.07, 6.45) is 0. The normalized spacial score (nSPS) is 12.1. The quantitative estimate of drug-likeness (QED) is 0.133. The molecule has 2 aromatic rings. The Bertz CT molecular complexity index is 984. The minimum atomic E-state index is -3.90. The molecule has 0 bridgehead atoms. The van der Waals surface area contributed by atoms with Gasteiger partial charge in [0.25, 0.3) is 0 Å². The number of hydroxylamine groups is 1. The molecule has 0 radical (unpaired) electrons. The number of sulfonamides is 1. The van der Waals surface area contributed by atoms with Crippen LogP contribution in [0.4, 0.5) is 10.1 Å². The van der Waals surface area contributed by atoms with Crippen molar-refractivity contribution in [2.75, 3.05) is 18.1 Å². The van der Waals surface area contributed by atoms with Crippen LogP contribution in [-0.2, 0) is 14.8 Å². The number of hydrogen-bond acceptors (Lipinski definition) is 9. The van der Waals surface area contributed by atoms with Crippen LogP contribution in [0.3, 0.4) is 0 Å². The fraction of sp³-hybridized carbons (Fsp3) is 0.231. The largest absolute Gasteiger partial charge is 0.354 e. The third kappa shape index (κ3) is 6.83. The molecule has 152 valence electrons. The van der Waals surface area contributed by atoms with E-state index in [4.69, 9.17) is 5.14 Å². The van der Waals surface area contributed by atoms with E-state index >= 15 is 0 Å². The van der Waals surface area contributed by atoms with Crippen LogP contribution in [0.2, 0.25) is 0 Å². The van der Waals surface area contributed by atoms with Crippen molar-refractivity contribution in [2.45, 2.75) is 5.03 Å². The number of primary sulfonamides is 1. The van der Waals surface area contributed by atoms with Gasteiger partial charge >= 0.3 is 0 Å². The number of halogens is 2. The predicted molar refractivity (Wildman–Crippen MR) is 101 cm³/mol. The Labute approximate surface area is 171 Å². The summed E-state index contributed by atoms with van der Waals surface area (Å²) in [6, 6.07) is 3.98. The smallest absolute Gasteiger partial charge is 0.236 e. The first-order valence-corrected chi connectivity index (χ1v) is 10.9. The molecule has 2 rings (SSSR count). The highest BCUT2D eigenvalue weighted by Gasteiger charge is 2.17. The van der Waals surface area contributed by atoms with Crippen molar-refractivity contribution in [1.82, 2.24) is 21.1 Å². The second-order valence-electron chi connectivity index (χ2n) is 5.09. The monoisotopic (exact) mass is 496 g/mol. The lowest BCUT2D eigenvalue weighted by molar-refractivity contribution is -0.118. The van der Waals surface area contributed by atoms with Gasteiger partial charge in [0.1, 0.15) is 11.6 Å². The molecule has 11 nitrogen and oxygen atoms in total. The van der Waals surface area contributed by atoms with Crippen molar-refractivity contribution in [1.29, 1.82) is 0 Å². The Morgan fingerprint density at radius 3 is 2.82 bits per heavy atom. The first-order chi connectivity index (χ1) is 13.2. The van der Waals surface area contributed by atoms with Gasteiger partial charge < -0.3 is 5.32 Å². The third-order valence-electron chi connectivity index (χ3n) is 2.93. The lowest BCUT2D eigenvalue weighted by Crippen LogP contribution is -2.34. The maximum absolute atomic E-state index is 13.3. The van der Waals surface area contributed by atoms with Gasteiger partial charge in [-0.05, 0) is 44.4 Å². The molecule has 0 saturated carbocycles. The SMILES string of the molecule is NS(=O)(=O)CC(=O)NCCSc1nonc1C(=Nc1ccc(F)c(Br)c1)NO. The van der Waals surface area contributed by atoms with E-state index in [9.17, 15) is 22.8 Å². The Hall–Kier alpha value is -2.07. The van der Waals surface area contributed by atoms with Crippen LogP contribution in [0.5, 0.6) is 0 Å². The Balaban J connectivity index is 2.02. The van der Waals surface area contributed by atoms with Gasteiger partial charge in [-0.2, -0.15) is 0 Å². The molecule has 1 amide bonds. The fourth-order valence-corrected chi connectivity index (χ4v) is 3.39. The van der Waals surface area contributed by atoms with Gasteiger partial charge in [0.2, 0.25) is 15.9 Å². The number of aromatic nitrogens is 2. The van der Waals surface area contributed by atoms with Crippen molar-refractivity contribution in [3.8, 4) is 0 Å². The molecule has 0 aliphatic carbocycles. The van der Waals surface area contributed by atoms with Crippen LogP contribution < -0.4 is 15.9 Å². The maximum Gasteiger partial charge on any atom is 0.236 e. The molecule has 0 aliphatic rings. The number of amides is 1. The first kappa shape index (κ1) is 22.2. The molecular weight excluding hydrogens is 483 g/mol. The summed E-state index contributed by atoms with van der Waals surface area (Å²) in [5, 5.41) is 24.1. The van der Waals surface area contributed by atoms with Crippen LogP contribution in [0.25, 0.3) is 0 Å². The van der Waals surface area contributed by atoms with Gasteiger partial charge in [0.15, 0.2) is 16.6 Å². The number of carbonyl (C=O) groups is 1. The number of aliphatic imine (C=N–C) groups is 1. The molecular formula is C13H14BrFN6O5S2. The summed E-state index contributed by atoms with van der Waals surface area (Å²) < 4.78 is 39.8. The minimum absolute atomic E-state index is 0.0869. The molecule has 0 saturated heterocycles. The number of nitrogens with one attached hydrogen (secondary N) is 2. The number of carbonyl (C=O) groups excluding carboxylic acids is 1. The topological polar surface area (TPSA) is 173 Å². The molecule has 1 aromatic carbocycles. The van der Waals surface area contributed by atoms with E-state index in [1.165, 1.54) is 18.2 Å². The van der Waals surface area contributed by atoms with Crippen molar-refractivity contribution in [3.63, 3.8) is 0 Å². The number of hydrogen-bond donors (Lipinski definition) is 4. The van der Waals surface area contributed by atoms with Crippen LogP contribution in [0.1, 0.15) is 5.69 Å². The number of thioether (sulfide) groups is 1. The average Bonchev–Trinajstić information content (AvgIpc) is 3.06. The number of benzene rings is 1. The second kappa shape index (κ2) is 9.92. The molecule has 0 spiro atoms. The number of nitrogens with zero attached hydrogens (tertiary/aromatic N) is 3. The van der Waals surface area contributed by atoms with Gasteiger partial charge in [0.05, 0.1) is 10.2 Å². The lowest BCUT2D eigenvalue weighted by atomic mass is 10.3. The van der Waals surface area contributed by atoms with Gasteiger partial charge in [-0.25, -0.2) is 27.6 Å².